The van der Waals surface area contributed by atoms with E-state index in [1.54, 1.807) is 30.3 Å². The second-order valence-electron chi connectivity index (χ2n) is 6.47. The molecule has 1 saturated heterocycles. The molecule has 0 spiro atoms. The summed E-state index contributed by atoms with van der Waals surface area (Å²) in [6, 6.07) is 10.7. The quantitative estimate of drug-likeness (QED) is 0.631. The minimum atomic E-state index is -3.83. The number of furan rings is 1. The molecule has 2 aromatic carbocycles. The standard InChI is InChI=1S/C19H15ClN2O5S/c20-11-2-1-3-13(8-11)28(25,26)22-12-4-6-17-15(9-12)16(10-27-17)14-5-7-18(23)21-19(14)24/h1-4,6,8-10,14,22H,5,7H2,(H,21,23,24). The number of hydrogen-bond donors (Lipinski definition) is 2. The lowest BCUT2D eigenvalue weighted by Crippen LogP contribution is -2.39. The van der Waals surface area contributed by atoms with Crippen LogP contribution in [0.4, 0.5) is 5.69 Å². The molecule has 0 radical (unpaired) electrons. The highest BCUT2D eigenvalue weighted by Gasteiger charge is 2.30. The Morgan fingerprint density at radius 1 is 1.14 bits per heavy atom. The molecule has 2 amide bonds. The lowest BCUT2D eigenvalue weighted by atomic mass is 9.90. The molecule has 2 N–H and O–H groups in total. The van der Waals surface area contributed by atoms with Crippen molar-refractivity contribution in [3.8, 4) is 0 Å². The number of halogens is 1. The van der Waals surface area contributed by atoms with Crippen LogP contribution in [0.2, 0.25) is 5.02 Å². The van der Waals surface area contributed by atoms with Gasteiger partial charge in [0.1, 0.15) is 5.58 Å². The fraction of sp³-hybridized carbons (Fsp3) is 0.158. The molecule has 4 rings (SSSR count). The molecule has 3 aromatic rings. The number of sulfonamides is 1. The van der Waals surface area contributed by atoms with Gasteiger partial charge in [-0.3, -0.25) is 19.6 Å². The minimum Gasteiger partial charge on any atom is -0.464 e. The van der Waals surface area contributed by atoms with Crippen molar-refractivity contribution in [2.45, 2.75) is 23.7 Å². The van der Waals surface area contributed by atoms with E-state index in [0.717, 1.165) is 0 Å². The number of nitrogens with one attached hydrogen (secondary N) is 2. The zero-order valence-electron chi connectivity index (χ0n) is 14.4. The van der Waals surface area contributed by atoms with Crippen LogP contribution in [0, 0.1) is 0 Å². The van der Waals surface area contributed by atoms with Crippen LogP contribution >= 0.6 is 11.6 Å². The predicted molar refractivity (Wildman–Crippen MR) is 104 cm³/mol. The second-order valence-corrected chi connectivity index (χ2v) is 8.59. The number of piperidine rings is 1. The topological polar surface area (TPSA) is 105 Å². The molecule has 2 heterocycles. The third-order valence-electron chi connectivity index (χ3n) is 4.58. The van der Waals surface area contributed by atoms with Crippen LogP contribution in [0.15, 0.2) is 58.0 Å². The van der Waals surface area contributed by atoms with Gasteiger partial charge in [0.05, 0.1) is 17.1 Å². The first-order valence-electron chi connectivity index (χ1n) is 8.47. The van der Waals surface area contributed by atoms with Gasteiger partial charge in [-0.1, -0.05) is 17.7 Å². The first-order valence-corrected chi connectivity index (χ1v) is 10.3. The van der Waals surface area contributed by atoms with E-state index in [4.69, 9.17) is 16.0 Å². The van der Waals surface area contributed by atoms with E-state index in [-0.39, 0.29) is 23.1 Å². The second kappa shape index (κ2) is 6.96. The Bertz CT molecular complexity index is 1200. The number of benzene rings is 2. The fourth-order valence-corrected chi connectivity index (χ4v) is 4.57. The zero-order valence-corrected chi connectivity index (χ0v) is 16.0. The van der Waals surface area contributed by atoms with Crippen LogP contribution in [0.1, 0.15) is 24.3 Å². The van der Waals surface area contributed by atoms with Crippen molar-refractivity contribution in [1.29, 1.82) is 0 Å². The van der Waals surface area contributed by atoms with Crippen molar-refractivity contribution in [3.63, 3.8) is 0 Å². The molecular formula is C19H15ClN2O5S. The molecule has 0 bridgehead atoms. The monoisotopic (exact) mass is 418 g/mol. The first-order chi connectivity index (χ1) is 13.3. The van der Waals surface area contributed by atoms with Crippen LogP contribution < -0.4 is 10.0 Å². The minimum absolute atomic E-state index is 0.0395. The average Bonchev–Trinajstić information content (AvgIpc) is 3.04. The van der Waals surface area contributed by atoms with Crippen LogP contribution in [0.3, 0.4) is 0 Å². The van der Waals surface area contributed by atoms with Crippen LogP contribution in [0.25, 0.3) is 11.0 Å². The van der Waals surface area contributed by atoms with E-state index < -0.39 is 15.9 Å². The van der Waals surface area contributed by atoms with Gasteiger partial charge in [0.25, 0.3) is 10.0 Å². The highest BCUT2D eigenvalue weighted by atomic mass is 35.5. The highest BCUT2D eigenvalue weighted by Crippen LogP contribution is 2.34. The molecule has 1 aromatic heterocycles. The molecule has 0 saturated carbocycles. The maximum atomic E-state index is 12.6. The van der Waals surface area contributed by atoms with Gasteiger partial charge < -0.3 is 4.42 Å². The van der Waals surface area contributed by atoms with Gasteiger partial charge in [0.15, 0.2) is 0 Å². The van der Waals surface area contributed by atoms with Crippen molar-refractivity contribution >= 4 is 50.1 Å². The summed E-state index contributed by atoms with van der Waals surface area (Å²) in [5, 5.41) is 3.24. The van der Waals surface area contributed by atoms with E-state index in [0.29, 0.717) is 33.7 Å². The molecule has 1 aliphatic rings. The lowest BCUT2D eigenvalue weighted by Gasteiger charge is -2.20. The normalized spacial score (nSPS) is 17.5. The number of fused-ring (bicyclic) bond motifs is 1. The summed E-state index contributed by atoms with van der Waals surface area (Å²) in [5.41, 5.74) is 1.46. The summed E-state index contributed by atoms with van der Waals surface area (Å²) in [6.45, 7) is 0. The molecule has 1 unspecified atom stereocenters. The largest absolute Gasteiger partial charge is 0.464 e. The maximum absolute atomic E-state index is 12.6. The van der Waals surface area contributed by atoms with Crippen molar-refractivity contribution in [3.05, 3.63) is 59.3 Å². The molecule has 7 nitrogen and oxygen atoms in total. The van der Waals surface area contributed by atoms with E-state index in [1.807, 2.05) is 0 Å². The van der Waals surface area contributed by atoms with E-state index in [9.17, 15) is 18.0 Å². The summed E-state index contributed by atoms with van der Waals surface area (Å²) in [7, 11) is -3.83. The third-order valence-corrected chi connectivity index (χ3v) is 6.19. The highest BCUT2D eigenvalue weighted by molar-refractivity contribution is 7.92. The van der Waals surface area contributed by atoms with Gasteiger partial charge in [0, 0.05) is 28.1 Å². The third kappa shape index (κ3) is 3.48. The number of amides is 2. The van der Waals surface area contributed by atoms with Gasteiger partial charge in [0.2, 0.25) is 11.8 Å². The molecule has 9 heteroatoms. The molecular weight excluding hydrogens is 404 g/mol. The fourth-order valence-electron chi connectivity index (χ4n) is 3.22. The lowest BCUT2D eigenvalue weighted by molar-refractivity contribution is -0.134. The Labute approximate surface area is 165 Å². The molecule has 144 valence electrons. The van der Waals surface area contributed by atoms with Crippen molar-refractivity contribution in [1.82, 2.24) is 5.32 Å². The maximum Gasteiger partial charge on any atom is 0.261 e. The first kappa shape index (κ1) is 18.5. The summed E-state index contributed by atoms with van der Waals surface area (Å²) >= 11 is 5.88. The van der Waals surface area contributed by atoms with E-state index in [2.05, 4.69) is 10.0 Å². The summed E-state index contributed by atoms with van der Waals surface area (Å²) in [5.74, 6) is -1.22. The Morgan fingerprint density at radius 3 is 2.71 bits per heavy atom. The van der Waals surface area contributed by atoms with Gasteiger partial charge in [-0.15, -0.1) is 0 Å². The Hall–Kier alpha value is -2.84. The van der Waals surface area contributed by atoms with E-state index >= 15 is 0 Å². The number of carbonyl (C=O) groups is 2. The van der Waals surface area contributed by atoms with E-state index in [1.165, 1.54) is 18.4 Å². The summed E-state index contributed by atoms with van der Waals surface area (Å²) < 4.78 is 33.2. The Kier molecular flexibility index (Phi) is 4.60. The average molecular weight is 419 g/mol. The number of hydrogen-bond acceptors (Lipinski definition) is 5. The number of imide groups is 1. The molecule has 1 aliphatic heterocycles. The number of anilines is 1. The smallest absolute Gasteiger partial charge is 0.261 e. The Balaban J connectivity index is 1.68. The zero-order chi connectivity index (χ0) is 19.9. The molecule has 1 atom stereocenters. The van der Waals surface area contributed by atoms with Crippen LogP contribution in [0.5, 0.6) is 0 Å². The van der Waals surface area contributed by atoms with Crippen molar-refractivity contribution in [2.75, 3.05) is 4.72 Å². The van der Waals surface area contributed by atoms with Gasteiger partial charge in [-0.2, -0.15) is 0 Å². The SMILES string of the molecule is O=C1CCC(c2coc3ccc(NS(=O)(=O)c4cccc(Cl)c4)cc23)C(=O)N1. The Morgan fingerprint density at radius 2 is 1.96 bits per heavy atom. The van der Waals surface area contributed by atoms with Crippen LogP contribution in [-0.2, 0) is 19.6 Å². The van der Waals surface area contributed by atoms with Crippen LogP contribution in [-0.4, -0.2) is 20.2 Å². The van der Waals surface area contributed by atoms with Gasteiger partial charge in [-0.05, 0) is 42.8 Å². The number of carbonyl (C=O) groups excluding carboxylic acids is 2. The summed E-state index contributed by atoms with van der Waals surface area (Å²) in [6.07, 6.45) is 2.09. The number of rotatable bonds is 4. The van der Waals surface area contributed by atoms with Crippen molar-refractivity contribution < 1.29 is 22.4 Å². The van der Waals surface area contributed by atoms with Gasteiger partial charge >= 0.3 is 0 Å². The molecule has 1 fully saturated rings. The molecule has 28 heavy (non-hydrogen) atoms. The summed E-state index contributed by atoms with van der Waals surface area (Å²) in [4.78, 5) is 23.6. The molecule has 0 aliphatic carbocycles. The van der Waals surface area contributed by atoms with Crippen molar-refractivity contribution in [2.24, 2.45) is 0 Å². The van der Waals surface area contributed by atoms with Gasteiger partial charge in [-0.25, -0.2) is 8.42 Å². The predicted octanol–water partition coefficient (Wildman–Crippen LogP) is 3.41.